The molecule has 1 aliphatic heterocycles. The summed E-state index contributed by atoms with van der Waals surface area (Å²) in [5.74, 6) is -0.127. The topological polar surface area (TPSA) is 49.8 Å². The fraction of sp³-hybridized carbons (Fsp3) is 0.417. The van der Waals surface area contributed by atoms with Gasteiger partial charge >= 0.3 is 0 Å². The van der Waals surface area contributed by atoms with E-state index in [1.54, 1.807) is 18.0 Å². The van der Waals surface area contributed by atoms with Crippen molar-refractivity contribution in [1.82, 2.24) is 4.90 Å². The van der Waals surface area contributed by atoms with Crippen molar-refractivity contribution in [2.24, 2.45) is 0 Å². The lowest BCUT2D eigenvalue weighted by atomic mass is 10.1. The second-order valence-electron chi connectivity index (χ2n) is 4.10. The molecule has 4 nitrogen and oxygen atoms in total. The molecule has 0 aliphatic carbocycles. The quantitative estimate of drug-likeness (QED) is 0.878. The summed E-state index contributed by atoms with van der Waals surface area (Å²) in [6.07, 6.45) is 0.855. The van der Waals surface area contributed by atoms with Crippen LogP contribution in [0.4, 0.5) is 0 Å². The summed E-state index contributed by atoms with van der Waals surface area (Å²) < 4.78 is 5.25. The lowest BCUT2D eigenvalue weighted by Crippen LogP contribution is -2.37. The third-order valence-electron chi connectivity index (χ3n) is 2.97. The zero-order valence-corrected chi connectivity index (χ0v) is 10.3. The molecule has 1 aromatic rings. The van der Waals surface area contributed by atoms with Crippen molar-refractivity contribution >= 4 is 17.5 Å². The van der Waals surface area contributed by atoms with Crippen molar-refractivity contribution < 1.29 is 14.6 Å². The van der Waals surface area contributed by atoms with Crippen molar-refractivity contribution in [1.29, 1.82) is 0 Å². The number of likely N-dealkylation sites (N-methyl/N-ethyl adjacent to an activating group) is 1. The molecule has 1 unspecified atom stereocenters. The molecular formula is C12H14ClNO3. The minimum Gasteiger partial charge on any atom is -0.506 e. The molecule has 92 valence electrons. The van der Waals surface area contributed by atoms with Gasteiger partial charge in [-0.25, -0.2) is 0 Å². The number of carbonyl (C=O) groups is 1. The molecule has 1 amide bonds. The van der Waals surface area contributed by atoms with Gasteiger partial charge in [-0.1, -0.05) is 11.6 Å². The fourth-order valence-corrected chi connectivity index (χ4v) is 2.02. The van der Waals surface area contributed by atoms with Crippen LogP contribution in [-0.2, 0) is 4.74 Å². The van der Waals surface area contributed by atoms with Crippen molar-refractivity contribution in [2.75, 3.05) is 20.3 Å². The average molecular weight is 256 g/mol. The Kier molecular flexibility index (Phi) is 3.54. The first-order valence-corrected chi connectivity index (χ1v) is 5.81. The fourth-order valence-electron chi connectivity index (χ4n) is 1.84. The normalized spacial score (nSPS) is 19.3. The molecule has 1 N–H and O–H groups in total. The molecule has 1 fully saturated rings. The minimum atomic E-state index is -0.109. The number of hydrogen-bond acceptors (Lipinski definition) is 3. The van der Waals surface area contributed by atoms with Gasteiger partial charge in [-0.05, 0) is 24.6 Å². The van der Waals surface area contributed by atoms with Gasteiger partial charge in [0.1, 0.15) is 5.75 Å². The predicted molar refractivity (Wildman–Crippen MR) is 64.4 cm³/mol. The first kappa shape index (κ1) is 12.2. The van der Waals surface area contributed by atoms with Crippen molar-refractivity contribution in [3.05, 3.63) is 28.8 Å². The summed E-state index contributed by atoms with van der Waals surface area (Å²) in [5, 5.41) is 9.49. The maximum absolute atomic E-state index is 12.1. The van der Waals surface area contributed by atoms with Gasteiger partial charge in [0.2, 0.25) is 0 Å². The molecule has 1 heterocycles. The van der Waals surface area contributed by atoms with Crippen LogP contribution in [-0.4, -0.2) is 42.2 Å². The predicted octanol–water partition coefficient (Wildman–Crippen LogP) is 1.91. The largest absolute Gasteiger partial charge is 0.506 e. The molecule has 1 atom stereocenters. The molecule has 0 spiro atoms. The number of nitrogens with zero attached hydrogens (tertiary/aromatic N) is 1. The average Bonchev–Trinajstić information content (AvgIpc) is 2.84. The zero-order valence-electron chi connectivity index (χ0n) is 9.52. The Balaban J connectivity index is 2.15. The minimum absolute atomic E-state index is 0.0185. The Morgan fingerprint density at radius 1 is 1.59 bits per heavy atom. The Hall–Kier alpha value is -1.26. The number of amides is 1. The van der Waals surface area contributed by atoms with Crippen LogP contribution < -0.4 is 0 Å². The summed E-state index contributed by atoms with van der Waals surface area (Å²) in [5.41, 5.74) is 0.474. The summed E-state index contributed by atoms with van der Waals surface area (Å²) >= 11 is 5.78. The number of aromatic hydroxyl groups is 1. The summed E-state index contributed by atoms with van der Waals surface area (Å²) in [6, 6.07) is 4.59. The smallest absolute Gasteiger partial charge is 0.253 e. The standard InChI is InChI=1S/C12H14ClNO3/c1-14(9-4-5-17-7-9)12(16)8-2-3-11(15)10(13)6-8/h2-3,6,9,15H,4-5,7H2,1H3. The lowest BCUT2D eigenvalue weighted by Gasteiger charge is -2.23. The zero-order chi connectivity index (χ0) is 12.4. The molecule has 2 rings (SSSR count). The van der Waals surface area contributed by atoms with E-state index in [1.165, 1.54) is 12.1 Å². The van der Waals surface area contributed by atoms with Crippen LogP contribution in [0, 0.1) is 0 Å². The Morgan fingerprint density at radius 2 is 2.35 bits per heavy atom. The van der Waals surface area contributed by atoms with E-state index in [-0.39, 0.29) is 22.7 Å². The molecule has 17 heavy (non-hydrogen) atoms. The molecule has 0 aromatic heterocycles. The molecule has 0 saturated carbocycles. The number of benzene rings is 1. The summed E-state index contributed by atoms with van der Waals surface area (Å²) in [7, 11) is 1.75. The van der Waals surface area contributed by atoms with E-state index >= 15 is 0 Å². The van der Waals surface area contributed by atoms with Gasteiger partial charge < -0.3 is 14.7 Å². The molecule has 5 heteroatoms. The number of carbonyl (C=O) groups excluding carboxylic acids is 1. The Labute approximate surface area is 105 Å². The maximum atomic E-state index is 12.1. The highest BCUT2D eigenvalue weighted by Gasteiger charge is 2.25. The van der Waals surface area contributed by atoms with Crippen molar-refractivity contribution in [3.63, 3.8) is 0 Å². The molecule has 0 radical (unpaired) electrons. The highest BCUT2D eigenvalue weighted by atomic mass is 35.5. The van der Waals surface area contributed by atoms with Crippen LogP contribution >= 0.6 is 11.6 Å². The van der Waals surface area contributed by atoms with Crippen LogP contribution in [0.3, 0.4) is 0 Å². The molecular weight excluding hydrogens is 242 g/mol. The highest BCUT2D eigenvalue weighted by Crippen LogP contribution is 2.24. The Morgan fingerprint density at radius 3 is 2.94 bits per heavy atom. The van der Waals surface area contributed by atoms with E-state index < -0.39 is 0 Å². The second kappa shape index (κ2) is 4.94. The third kappa shape index (κ3) is 2.53. The third-order valence-corrected chi connectivity index (χ3v) is 3.27. The van der Waals surface area contributed by atoms with E-state index in [2.05, 4.69) is 0 Å². The van der Waals surface area contributed by atoms with Crippen molar-refractivity contribution in [2.45, 2.75) is 12.5 Å². The van der Waals surface area contributed by atoms with Gasteiger partial charge in [-0.3, -0.25) is 4.79 Å². The van der Waals surface area contributed by atoms with E-state index in [0.717, 1.165) is 6.42 Å². The van der Waals surface area contributed by atoms with Gasteiger partial charge in [-0.2, -0.15) is 0 Å². The summed E-state index contributed by atoms with van der Waals surface area (Å²) in [6.45, 7) is 1.27. The highest BCUT2D eigenvalue weighted by molar-refractivity contribution is 6.32. The maximum Gasteiger partial charge on any atom is 0.253 e. The molecule has 0 bridgehead atoms. The first-order valence-electron chi connectivity index (χ1n) is 5.43. The van der Waals surface area contributed by atoms with Crippen molar-refractivity contribution in [3.8, 4) is 5.75 Å². The van der Waals surface area contributed by atoms with E-state index in [9.17, 15) is 9.90 Å². The van der Waals surface area contributed by atoms with Gasteiger partial charge in [0.25, 0.3) is 5.91 Å². The van der Waals surface area contributed by atoms with Crippen LogP contribution in [0.25, 0.3) is 0 Å². The molecule has 1 aromatic carbocycles. The Bertz CT molecular complexity index is 430. The van der Waals surface area contributed by atoms with E-state index in [1.807, 2.05) is 0 Å². The first-order chi connectivity index (χ1) is 8.09. The number of hydrogen-bond donors (Lipinski definition) is 1. The molecule has 1 saturated heterocycles. The van der Waals surface area contributed by atoms with Gasteiger partial charge in [0, 0.05) is 19.2 Å². The van der Waals surface area contributed by atoms with Gasteiger partial charge in [0.15, 0.2) is 0 Å². The van der Waals surface area contributed by atoms with E-state index in [4.69, 9.17) is 16.3 Å². The number of phenols is 1. The van der Waals surface area contributed by atoms with Crippen LogP contribution in [0.1, 0.15) is 16.8 Å². The SMILES string of the molecule is CN(C(=O)c1ccc(O)c(Cl)c1)C1CCOC1. The van der Waals surface area contributed by atoms with Gasteiger partial charge in [0.05, 0.1) is 17.7 Å². The van der Waals surface area contributed by atoms with Crippen LogP contribution in [0.2, 0.25) is 5.02 Å². The second-order valence-corrected chi connectivity index (χ2v) is 4.51. The van der Waals surface area contributed by atoms with Crippen LogP contribution in [0.15, 0.2) is 18.2 Å². The lowest BCUT2D eigenvalue weighted by molar-refractivity contribution is 0.0711. The monoisotopic (exact) mass is 255 g/mol. The molecule has 1 aliphatic rings. The number of halogens is 1. The number of rotatable bonds is 2. The number of ether oxygens (including phenoxy) is 1. The van der Waals surface area contributed by atoms with E-state index in [0.29, 0.717) is 18.8 Å². The van der Waals surface area contributed by atoms with Gasteiger partial charge in [-0.15, -0.1) is 0 Å². The summed E-state index contributed by atoms with van der Waals surface area (Å²) in [4.78, 5) is 13.8. The van der Waals surface area contributed by atoms with Crippen LogP contribution in [0.5, 0.6) is 5.75 Å². The number of phenolic OH excluding ortho intramolecular Hbond substituents is 1.